The van der Waals surface area contributed by atoms with Crippen LogP contribution in [0.5, 0.6) is 11.8 Å². The Morgan fingerprint density at radius 1 is 0.887 bits per heavy atom. The number of amides is 1. The number of rotatable bonds is 10. The average molecular weight is 714 g/mol. The van der Waals surface area contributed by atoms with Gasteiger partial charge in [0.25, 0.3) is 0 Å². The summed E-state index contributed by atoms with van der Waals surface area (Å²) in [7, 11) is 2.00. The van der Waals surface area contributed by atoms with E-state index < -0.39 is 5.60 Å². The molecule has 276 valence electrons. The lowest BCUT2D eigenvalue weighted by molar-refractivity contribution is 0.00920. The number of carbonyl (C=O) groups excluding carboxylic acids is 1. The predicted molar refractivity (Wildman–Crippen MR) is 210 cm³/mol. The van der Waals surface area contributed by atoms with Crippen molar-refractivity contribution < 1.29 is 19.0 Å². The smallest absolute Gasteiger partial charge is 0.410 e. The van der Waals surface area contributed by atoms with E-state index in [-0.39, 0.29) is 6.09 Å². The lowest BCUT2D eigenvalue weighted by Crippen LogP contribution is -2.47. The number of carbonyl (C=O) groups is 1. The summed E-state index contributed by atoms with van der Waals surface area (Å²) in [5.74, 6) is 1.99. The van der Waals surface area contributed by atoms with Crippen molar-refractivity contribution in [2.75, 3.05) is 32.7 Å². The molecule has 2 aromatic heterocycles. The van der Waals surface area contributed by atoms with E-state index in [1.54, 1.807) is 0 Å². The molecule has 0 N–H and O–H groups in total. The van der Waals surface area contributed by atoms with Crippen LogP contribution in [0.2, 0.25) is 0 Å². The van der Waals surface area contributed by atoms with E-state index in [9.17, 15) is 4.79 Å². The predicted octanol–water partition coefficient (Wildman–Crippen LogP) is 8.78. The first-order valence-electron chi connectivity index (χ1n) is 18.8. The minimum absolute atomic E-state index is 0.193. The number of nitrogens with zero attached hydrogens (tertiary/aromatic N) is 5. The van der Waals surface area contributed by atoms with Crippen molar-refractivity contribution in [3.05, 3.63) is 114 Å². The van der Waals surface area contributed by atoms with Gasteiger partial charge in [0, 0.05) is 51.2 Å². The summed E-state index contributed by atoms with van der Waals surface area (Å²) in [4.78, 5) is 21.9. The molecule has 9 heteroatoms. The highest BCUT2D eigenvalue weighted by Crippen LogP contribution is 2.37. The van der Waals surface area contributed by atoms with Crippen LogP contribution in [-0.4, -0.2) is 69.0 Å². The molecule has 2 aliphatic rings. The number of hydrogen-bond donors (Lipinski definition) is 0. The number of pyridine rings is 1. The highest BCUT2D eigenvalue weighted by Gasteiger charge is 2.32. The molecule has 5 aromatic rings. The molecule has 0 unspecified atom stereocenters. The second kappa shape index (κ2) is 15.8. The van der Waals surface area contributed by atoms with E-state index >= 15 is 0 Å². The van der Waals surface area contributed by atoms with E-state index in [1.165, 1.54) is 11.1 Å². The Morgan fingerprint density at radius 3 is 2.26 bits per heavy atom. The van der Waals surface area contributed by atoms with Gasteiger partial charge >= 0.3 is 6.09 Å². The SMILES string of the molecule is C[C@H]1CN(C(=O)OC(C)(C)C)CC[C@H]1CN1CC=C(c2ccc3c(-c4ccc(OCc5ccccc5)nc4OCc4ccccc4)nn(C)c3c2)CC1. The minimum Gasteiger partial charge on any atom is -0.473 e. The van der Waals surface area contributed by atoms with Crippen LogP contribution in [0, 0.1) is 11.8 Å². The summed E-state index contributed by atoms with van der Waals surface area (Å²) in [6.07, 6.45) is 4.19. The zero-order valence-electron chi connectivity index (χ0n) is 31.6. The Labute approximate surface area is 313 Å². The number of benzene rings is 3. The second-order valence-corrected chi connectivity index (χ2v) is 15.4. The summed E-state index contributed by atoms with van der Waals surface area (Å²) in [5, 5.41) is 6.05. The van der Waals surface area contributed by atoms with Crippen LogP contribution in [-0.2, 0) is 25.0 Å². The third-order valence-electron chi connectivity index (χ3n) is 10.3. The third kappa shape index (κ3) is 8.91. The molecule has 3 aromatic carbocycles. The van der Waals surface area contributed by atoms with Crippen molar-refractivity contribution in [3.8, 4) is 23.0 Å². The number of likely N-dealkylation sites (tertiary alicyclic amines) is 1. The van der Waals surface area contributed by atoms with Gasteiger partial charge in [-0.3, -0.25) is 9.58 Å². The molecule has 0 aliphatic carbocycles. The molecule has 0 radical (unpaired) electrons. The zero-order valence-corrected chi connectivity index (χ0v) is 31.6. The van der Waals surface area contributed by atoms with Gasteiger partial charge in [-0.2, -0.15) is 10.1 Å². The van der Waals surface area contributed by atoms with Crippen molar-refractivity contribution in [2.45, 2.75) is 59.4 Å². The van der Waals surface area contributed by atoms with E-state index in [0.29, 0.717) is 36.8 Å². The molecular weight excluding hydrogens is 663 g/mol. The average Bonchev–Trinajstić information content (AvgIpc) is 3.49. The fourth-order valence-electron chi connectivity index (χ4n) is 7.34. The summed E-state index contributed by atoms with van der Waals surface area (Å²) >= 11 is 0. The number of aromatic nitrogens is 3. The second-order valence-electron chi connectivity index (χ2n) is 15.4. The molecule has 7 rings (SSSR count). The first-order chi connectivity index (χ1) is 25.6. The molecule has 1 fully saturated rings. The van der Waals surface area contributed by atoms with Gasteiger partial charge in [-0.15, -0.1) is 0 Å². The quantitative estimate of drug-likeness (QED) is 0.143. The number of aryl methyl sites for hydroxylation is 1. The largest absolute Gasteiger partial charge is 0.473 e. The van der Waals surface area contributed by atoms with Gasteiger partial charge in [0.05, 0.1) is 11.1 Å². The fraction of sp³-hybridized carbons (Fsp3) is 0.386. The zero-order chi connectivity index (χ0) is 37.0. The molecule has 2 aliphatic heterocycles. The van der Waals surface area contributed by atoms with Gasteiger partial charge in [-0.25, -0.2) is 4.79 Å². The highest BCUT2D eigenvalue weighted by atomic mass is 16.6. The van der Waals surface area contributed by atoms with Gasteiger partial charge in [-0.05, 0) is 85.9 Å². The summed E-state index contributed by atoms with van der Waals surface area (Å²) in [6.45, 7) is 13.3. The monoisotopic (exact) mass is 713 g/mol. The molecule has 0 bridgehead atoms. The molecule has 0 saturated carbocycles. The molecule has 2 atom stereocenters. The first kappa shape index (κ1) is 36.2. The highest BCUT2D eigenvalue weighted by molar-refractivity contribution is 5.96. The normalized spacial score (nSPS) is 18.1. The molecule has 1 saturated heterocycles. The van der Waals surface area contributed by atoms with Crippen LogP contribution in [0.3, 0.4) is 0 Å². The molecule has 9 nitrogen and oxygen atoms in total. The van der Waals surface area contributed by atoms with Crippen LogP contribution in [0.25, 0.3) is 27.7 Å². The van der Waals surface area contributed by atoms with Gasteiger partial charge < -0.3 is 19.1 Å². The Balaban J connectivity index is 1.05. The Morgan fingerprint density at radius 2 is 1.60 bits per heavy atom. The molecule has 0 spiro atoms. The minimum atomic E-state index is -0.470. The number of ether oxygens (including phenoxy) is 3. The van der Waals surface area contributed by atoms with Crippen LogP contribution in [0.1, 0.15) is 57.2 Å². The summed E-state index contributed by atoms with van der Waals surface area (Å²) in [6, 6.07) is 30.8. The van der Waals surface area contributed by atoms with Crippen molar-refractivity contribution in [3.63, 3.8) is 0 Å². The molecule has 53 heavy (non-hydrogen) atoms. The standard InChI is InChI=1S/C44H51N5O4/c1-31-27-49(43(50)53-44(2,3)4)25-22-36(31)28-48-23-20-34(21-24-48)35-16-17-37-39(26-35)47(5)46-41(37)38-18-19-40(51-29-32-12-8-6-9-13-32)45-42(38)52-30-33-14-10-7-11-15-33/h6-20,26,31,36H,21-25,27-30H2,1-5H3/t31-,36-/m0/s1. The fourth-order valence-corrected chi connectivity index (χ4v) is 7.34. The van der Waals surface area contributed by atoms with E-state index in [1.807, 2.05) is 110 Å². The van der Waals surface area contributed by atoms with Gasteiger partial charge in [0.15, 0.2) is 0 Å². The Kier molecular flexibility index (Phi) is 10.8. The first-order valence-corrected chi connectivity index (χ1v) is 18.8. The van der Waals surface area contributed by atoms with Crippen molar-refractivity contribution in [1.29, 1.82) is 0 Å². The number of fused-ring (bicyclic) bond motifs is 1. The van der Waals surface area contributed by atoms with Gasteiger partial charge in [-0.1, -0.05) is 79.7 Å². The number of hydrogen-bond acceptors (Lipinski definition) is 7. The molecular formula is C44H51N5O4. The number of piperidine rings is 1. The van der Waals surface area contributed by atoms with Crippen LogP contribution < -0.4 is 9.47 Å². The van der Waals surface area contributed by atoms with E-state index in [4.69, 9.17) is 24.3 Å². The van der Waals surface area contributed by atoms with Crippen molar-refractivity contribution in [2.24, 2.45) is 18.9 Å². The van der Waals surface area contributed by atoms with Crippen molar-refractivity contribution in [1.82, 2.24) is 24.6 Å². The topological polar surface area (TPSA) is 82.0 Å². The lowest BCUT2D eigenvalue weighted by Gasteiger charge is -2.40. The van der Waals surface area contributed by atoms with E-state index in [2.05, 4.69) is 36.1 Å². The van der Waals surface area contributed by atoms with Gasteiger partial charge in [0.2, 0.25) is 11.8 Å². The van der Waals surface area contributed by atoms with Crippen LogP contribution in [0.15, 0.2) is 97.1 Å². The maximum absolute atomic E-state index is 12.6. The third-order valence-corrected chi connectivity index (χ3v) is 10.3. The molecule has 4 heterocycles. The molecule has 1 amide bonds. The van der Waals surface area contributed by atoms with Crippen LogP contribution >= 0.6 is 0 Å². The van der Waals surface area contributed by atoms with Crippen LogP contribution in [0.4, 0.5) is 4.79 Å². The van der Waals surface area contributed by atoms with Gasteiger partial charge in [0.1, 0.15) is 24.5 Å². The Bertz CT molecular complexity index is 2050. The maximum Gasteiger partial charge on any atom is 0.410 e. The summed E-state index contributed by atoms with van der Waals surface area (Å²) < 4.78 is 20.0. The maximum atomic E-state index is 12.6. The summed E-state index contributed by atoms with van der Waals surface area (Å²) in [5.41, 5.74) is 6.97. The van der Waals surface area contributed by atoms with Crippen molar-refractivity contribution >= 4 is 22.6 Å². The Hall–Kier alpha value is -5.15. The van der Waals surface area contributed by atoms with E-state index in [0.717, 1.165) is 78.9 Å². The lowest BCUT2D eigenvalue weighted by atomic mass is 9.86.